The Kier molecular flexibility index (Phi) is 4.77. The minimum Gasteiger partial charge on any atom is -0.497 e. The van der Waals surface area contributed by atoms with E-state index >= 15 is 0 Å². The molecule has 0 aliphatic heterocycles. The molecule has 21 heavy (non-hydrogen) atoms. The quantitative estimate of drug-likeness (QED) is 0.884. The lowest BCUT2D eigenvalue weighted by molar-refractivity contribution is -0.138. The average molecular weight is 287 g/mol. The zero-order chi connectivity index (χ0) is 15.2. The highest BCUT2D eigenvalue weighted by Gasteiger charge is 2.22. The van der Waals surface area contributed by atoms with Crippen LogP contribution in [0.3, 0.4) is 0 Å². The summed E-state index contributed by atoms with van der Waals surface area (Å²) in [4.78, 5) is 15.7. The van der Waals surface area contributed by atoms with Gasteiger partial charge in [0.1, 0.15) is 11.7 Å². The van der Waals surface area contributed by atoms with E-state index in [1.807, 2.05) is 24.3 Å². The number of benzene rings is 1. The summed E-state index contributed by atoms with van der Waals surface area (Å²) >= 11 is 0. The van der Waals surface area contributed by atoms with Crippen molar-refractivity contribution in [2.75, 3.05) is 14.2 Å². The van der Waals surface area contributed by atoms with Gasteiger partial charge in [-0.1, -0.05) is 18.2 Å². The molecule has 2 aromatic rings. The van der Waals surface area contributed by atoms with Gasteiger partial charge in [0, 0.05) is 6.07 Å². The number of aromatic nitrogens is 1. The van der Waals surface area contributed by atoms with E-state index in [0.717, 1.165) is 11.3 Å². The van der Waals surface area contributed by atoms with Gasteiger partial charge in [-0.25, -0.2) is 4.98 Å². The first kappa shape index (κ1) is 14.8. The molecule has 0 radical (unpaired) electrons. The molecule has 0 aliphatic rings. The predicted octanol–water partition coefficient (Wildman–Crippen LogP) is 2.51. The molecule has 1 N–H and O–H groups in total. The molecule has 0 saturated heterocycles. The molecule has 1 aromatic heterocycles. The highest BCUT2D eigenvalue weighted by atomic mass is 16.5. The summed E-state index contributed by atoms with van der Waals surface area (Å²) in [6, 6.07) is 12.5. The number of ether oxygens (including phenoxy) is 2. The van der Waals surface area contributed by atoms with Crippen LogP contribution < -0.4 is 9.47 Å². The van der Waals surface area contributed by atoms with Crippen molar-refractivity contribution in [1.29, 1.82) is 0 Å². The number of aliphatic carboxylic acids is 1. The van der Waals surface area contributed by atoms with E-state index in [1.165, 1.54) is 7.11 Å². The molecular weight excluding hydrogens is 270 g/mol. The summed E-state index contributed by atoms with van der Waals surface area (Å²) < 4.78 is 10.1. The van der Waals surface area contributed by atoms with Gasteiger partial charge in [0.25, 0.3) is 0 Å². The first-order valence-corrected chi connectivity index (χ1v) is 6.50. The molecule has 1 unspecified atom stereocenters. The topological polar surface area (TPSA) is 68.7 Å². The number of hydrogen-bond donors (Lipinski definition) is 1. The van der Waals surface area contributed by atoms with Gasteiger partial charge in [-0.3, -0.25) is 4.79 Å². The van der Waals surface area contributed by atoms with Crippen LogP contribution in [0, 0.1) is 0 Å². The van der Waals surface area contributed by atoms with Crippen molar-refractivity contribution in [1.82, 2.24) is 4.98 Å². The molecule has 5 heteroatoms. The summed E-state index contributed by atoms with van der Waals surface area (Å²) in [5.74, 6) is -0.473. The van der Waals surface area contributed by atoms with E-state index < -0.39 is 11.9 Å². The fraction of sp³-hybridized carbons (Fsp3) is 0.250. The van der Waals surface area contributed by atoms with Gasteiger partial charge in [0.15, 0.2) is 0 Å². The summed E-state index contributed by atoms with van der Waals surface area (Å²) in [7, 11) is 3.10. The smallest absolute Gasteiger partial charge is 0.312 e. The van der Waals surface area contributed by atoms with Crippen LogP contribution in [0.4, 0.5) is 0 Å². The minimum absolute atomic E-state index is 0.361. The van der Waals surface area contributed by atoms with Gasteiger partial charge in [-0.05, 0) is 30.2 Å². The zero-order valence-electron chi connectivity index (χ0n) is 11.9. The molecule has 2 rings (SSSR count). The monoisotopic (exact) mass is 287 g/mol. The first-order chi connectivity index (χ1) is 10.1. The minimum atomic E-state index is -0.911. The maximum absolute atomic E-state index is 11.5. The largest absolute Gasteiger partial charge is 0.497 e. The van der Waals surface area contributed by atoms with Crippen LogP contribution >= 0.6 is 0 Å². The second kappa shape index (κ2) is 6.74. The predicted molar refractivity (Wildman–Crippen MR) is 77.9 cm³/mol. The van der Waals surface area contributed by atoms with E-state index in [2.05, 4.69) is 4.98 Å². The van der Waals surface area contributed by atoms with Crippen molar-refractivity contribution in [3.8, 4) is 11.6 Å². The van der Waals surface area contributed by atoms with Crippen molar-refractivity contribution >= 4 is 5.97 Å². The van der Waals surface area contributed by atoms with Crippen LogP contribution in [0.5, 0.6) is 11.6 Å². The van der Waals surface area contributed by atoms with Crippen LogP contribution in [-0.2, 0) is 11.2 Å². The molecule has 0 saturated carbocycles. The molecule has 0 aliphatic carbocycles. The highest BCUT2D eigenvalue weighted by molar-refractivity contribution is 5.76. The summed E-state index contributed by atoms with van der Waals surface area (Å²) in [5, 5.41) is 9.45. The van der Waals surface area contributed by atoms with Gasteiger partial charge in [-0.2, -0.15) is 0 Å². The molecule has 0 bridgehead atoms. The van der Waals surface area contributed by atoms with E-state index in [9.17, 15) is 9.90 Å². The molecule has 0 fully saturated rings. The number of carboxylic acid groups (broad SMARTS) is 1. The van der Waals surface area contributed by atoms with E-state index in [0.29, 0.717) is 18.0 Å². The molecule has 1 heterocycles. The van der Waals surface area contributed by atoms with Gasteiger partial charge in [0.05, 0.1) is 19.9 Å². The van der Waals surface area contributed by atoms with Crippen LogP contribution in [0.25, 0.3) is 0 Å². The van der Waals surface area contributed by atoms with Crippen molar-refractivity contribution in [3.05, 3.63) is 53.7 Å². The third-order valence-electron chi connectivity index (χ3n) is 3.21. The van der Waals surface area contributed by atoms with Gasteiger partial charge in [0.2, 0.25) is 5.88 Å². The summed E-state index contributed by atoms with van der Waals surface area (Å²) in [6.45, 7) is 0. The number of rotatable bonds is 6. The number of hydrogen-bond acceptors (Lipinski definition) is 4. The fourth-order valence-electron chi connectivity index (χ4n) is 2.05. The Bertz CT molecular complexity index is 610. The Hall–Kier alpha value is -2.56. The SMILES string of the molecule is COc1ccc(CC(C(=O)O)c2cccc(OC)n2)cc1. The number of nitrogens with zero attached hydrogens (tertiary/aromatic N) is 1. The van der Waals surface area contributed by atoms with Crippen LogP contribution in [0.1, 0.15) is 17.2 Å². The maximum atomic E-state index is 11.5. The van der Waals surface area contributed by atoms with Crippen molar-refractivity contribution in [3.63, 3.8) is 0 Å². The Labute approximate surface area is 123 Å². The molecule has 0 spiro atoms. The fourth-order valence-corrected chi connectivity index (χ4v) is 2.05. The molecule has 1 atom stereocenters. The molecule has 1 aromatic carbocycles. The van der Waals surface area contributed by atoms with Crippen LogP contribution in [-0.4, -0.2) is 30.3 Å². The second-order valence-corrected chi connectivity index (χ2v) is 4.55. The van der Waals surface area contributed by atoms with Gasteiger partial charge in [-0.15, -0.1) is 0 Å². The Morgan fingerprint density at radius 1 is 1.14 bits per heavy atom. The lowest BCUT2D eigenvalue weighted by Crippen LogP contribution is -2.16. The van der Waals surface area contributed by atoms with E-state index in [4.69, 9.17) is 9.47 Å². The Balaban J connectivity index is 2.23. The number of methoxy groups -OCH3 is 2. The van der Waals surface area contributed by atoms with Gasteiger partial charge < -0.3 is 14.6 Å². The number of carboxylic acids is 1. The van der Waals surface area contributed by atoms with Crippen LogP contribution in [0.15, 0.2) is 42.5 Å². The third kappa shape index (κ3) is 3.72. The van der Waals surface area contributed by atoms with Crippen molar-refractivity contribution in [2.45, 2.75) is 12.3 Å². The molecule has 5 nitrogen and oxygen atoms in total. The van der Waals surface area contributed by atoms with E-state index in [-0.39, 0.29) is 0 Å². The second-order valence-electron chi connectivity index (χ2n) is 4.55. The normalized spacial score (nSPS) is 11.7. The lowest BCUT2D eigenvalue weighted by Gasteiger charge is -2.13. The van der Waals surface area contributed by atoms with Gasteiger partial charge >= 0.3 is 5.97 Å². The summed E-state index contributed by atoms with van der Waals surface area (Å²) in [5.41, 5.74) is 1.39. The molecule has 0 amide bonds. The number of pyridine rings is 1. The first-order valence-electron chi connectivity index (χ1n) is 6.50. The standard InChI is InChI=1S/C16H17NO4/c1-20-12-8-6-11(7-9-12)10-13(16(18)19)14-4-3-5-15(17-14)21-2/h3-9,13H,10H2,1-2H3,(H,18,19). The third-order valence-corrected chi connectivity index (χ3v) is 3.21. The zero-order valence-corrected chi connectivity index (χ0v) is 11.9. The highest BCUT2D eigenvalue weighted by Crippen LogP contribution is 2.23. The van der Waals surface area contributed by atoms with E-state index in [1.54, 1.807) is 25.3 Å². The average Bonchev–Trinajstić information content (AvgIpc) is 2.53. The number of carbonyl (C=O) groups is 1. The van der Waals surface area contributed by atoms with Crippen molar-refractivity contribution in [2.24, 2.45) is 0 Å². The lowest BCUT2D eigenvalue weighted by atomic mass is 9.95. The molecular formula is C16H17NO4. The molecule has 110 valence electrons. The van der Waals surface area contributed by atoms with Crippen molar-refractivity contribution < 1.29 is 19.4 Å². The summed E-state index contributed by atoms with van der Waals surface area (Å²) in [6.07, 6.45) is 0.361. The Morgan fingerprint density at radius 3 is 2.43 bits per heavy atom. The Morgan fingerprint density at radius 2 is 1.86 bits per heavy atom. The maximum Gasteiger partial charge on any atom is 0.312 e. The van der Waals surface area contributed by atoms with Crippen LogP contribution in [0.2, 0.25) is 0 Å².